The van der Waals surface area contributed by atoms with Crippen LogP contribution in [0.15, 0.2) is 71.8 Å². The molecule has 2 amide bonds. The fraction of sp³-hybridized carbons (Fsp3) is 0.190. The van der Waals surface area contributed by atoms with Crippen molar-refractivity contribution in [3.8, 4) is 0 Å². The standard InChI is InChI=1S/C21H20FNO5/c1-4-15(10-9-13(2)3)28-12-14(18(22)21(26)27)11-23-19(24)16-7-5-6-8-17(16)20(23)25/h4-10H,1,11-12H2,2-3H3,(H,26,27)/b15-10+,18-14+. The molecule has 0 aromatic heterocycles. The minimum atomic E-state index is -1.80. The first kappa shape index (κ1) is 20.8. The molecule has 0 saturated heterocycles. The summed E-state index contributed by atoms with van der Waals surface area (Å²) in [4.78, 5) is 36.8. The number of ether oxygens (including phenoxy) is 1. The van der Waals surface area contributed by atoms with Gasteiger partial charge in [0.1, 0.15) is 12.4 Å². The third-order valence-corrected chi connectivity index (χ3v) is 3.92. The van der Waals surface area contributed by atoms with Gasteiger partial charge in [-0.25, -0.2) is 4.79 Å². The van der Waals surface area contributed by atoms with Crippen LogP contribution in [0.1, 0.15) is 34.6 Å². The normalized spacial score (nSPS) is 14.4. The number of hydrogen-bond acceptors (Lipinski definition) is 4. The van der Waals surface area contributed by atoms with E-state index in [2.05, 4.69) is 6.58 Å². The van der Waals surface area contributed by atoms with Crippen LogP contribution in [0.5, 0.6) is 0 Å². The van der Waals surface area contributed by atoms with Gasteiger partial charge in [0.05, 0.1) is 17.7 Å². The van der Waals surface area contributed by atoms with E-state index in [0.717, 1.165) is 10.5 Å². The van der Waals surface area contributed by atoms with E-state index in [0.29, 0.717) is 5.76 Å². The van der Waals surface area contributed by atoms with Crippen molar-refractivity contribution in [2.75, 3.05) is 13.2 Å². The average molecular weight is 385 g/mol. The smallest absolute Gasteiger partial charge is 0.364 e. The van der Waals surface area contributed by atoms with Crippen LogP contribution in [-0.2, 0) is 9.53 Å². The number of halogens is 1. The summed E-state index contributed by atoms with van der Waals surface area (Å²) >= 11 is 0. The molecule has 1 aromatic rings. The van der Waals surface area contributed by atoms with Gasteiger partial charge >= 0.3 is 5.97 Å². The zero-order valence-electron chi connectivity index (χ0n) is 15.6. The SMILES string of the molecule is C=C/C(=C\C=C(C)C)OC/C(CN1C(=O)c2ccccc2C1=O)=C(/F)C(=O)O. The summed E-state index contributed by atoms with van der Waals surface area (Å²) in [5.74, 6) is -4.20. The predicted octanol–water partition coefficient (Wildman–Crippen LogP) is 3.64. The van der Waals surface area contributed by atoms with E-state index in [1.165, 1.54) is 18.2 Å². The molecular formula is C21H20FNO5. The third-order valence-electron chi connectivity index (χ3n) is 3.92. The summed E-state index contributed by atoms with van der Waals surface area (Å²) in [5.41, 5.74) is 1.03. The number of carbonyl (C=O) groups excluding carboxylic acids is 2. The van der Waals surface area contributed by atoms with Gasteiger partial charge in [-0.3, -0.25) is 14.5 Å². The Morgan fingerprint density at radius 2 is 1.75 bits per heavy atom. The molecule has 1 aliphatic heterocycles. The van der Waals surface area contributed by atoms with E-state index in [4.69, 9.17) is 9.84 Å². The number of benzene rings is 1. The van der Waals surface area contributed by atoms with E-state index in [-0.39, 0.29) is 16.7 Å². The van der Waals surface area contributed by atoms with Gasteiger partial charge < -0.3 is 9.84 Å². The number of imide groups is 1. The number of carbonyl (C=O) groups is 3. The molecule has 1 aliphatic rings. The molecule has 7 heteroatoms. The summed E-state index contributed by atoms with van der Waals surface area (Å²) < 4.78 is 19.6. The minimum Gasteiger partial charge on any atom is -0.489 e. The molecule has 0 bridgehead atoms. The monoisotopic (exact) mass is 385 g/mol. The predicted molar refractivity (Wildman–Crippen MR) is 101 cm³/mol. The lowest BCUT2D eigenvalue weighted by molar-refractivity contribution is -0.134. The van der Waals surface area contributed by atoms with Crippen LogP contribution in [0.25, 0.3) is 0 Å². The Hall–Kier alpha value is -3.48. The van der Waals surface area contributed by atoms with Crippen LogP contribution in [0.3, 0.4) is 0 Å². The molecule has 0 atom stereocenters. The van der Waals surface area contributed by atoms with Crippen LogP contribution in [0.2, 0.25) is 0 Å². The first-order chi connectivity index (χ1) is 13.3. The Kier molecular flexibility index (Phi) is 6.65. The van der Waals surface area contributed by atoms with Crippen LogP contribution in [0, 0.1) is 0 Å². The molecule has 0 unspecified atom stereocenters. The van der Waals surface area contributed by atoms with Crippen LogP contribution < -0.4 is 0 Å². The van der Waals surface area contributed by atoms with Crippen molar-refractivity contribution in [2.45, 2.75) is 13.8 Å². The van der Waals surface area contributed by atoms with Gasteiger partial charge in [-0.15, -0.1) is 0 Å². The highest BCUT2D eigenvalue weighted by Crippen LogP contribution is 2.24. The van der Waals surface area contributed by atoms with E-state index in [9.17, 15) is 18.8 Å². The Morgan fingerprint density at radius 3 is 2.21 bits per heavy atom. The number of allylic oxidation sites excluding steroid dienone is 4. The number of rotatable bonds is 8. The molecule has 6 nitrogen and oxygen atoms in total. The van der Waals surface area contributed by atoms with Gasteiger partial charge in [0.2, 0.25) is 5.83 Å². The average Bonchev–Trinajstić information content (AvgIpc) is 2.91. The summed E-state index contributed by atoms with van der Waals surface area (Å²) in [5, 5.41) is 9.01. The Labute approximate surface area is 161 Å². The van der Waals surface area contributed by atoms with Crippen molar-refractivity contribution in [3.05, 3.63) is 82.9 Å². The number of aliphatic carboxylic acids is 1. The highest BCUT2D eigenvalue weighted by Gasteiger charge is 2.36. The fourth-order valence-electron chi connectivity index (χ4n) is 2.50. The number of nitrogens with zero attached hydrogens (tertiary/aromatic N) is 1. The quantitative estimate of drug-likeness (QED) is 0.320. The van der Waals surface area contributed by atoms with Crippen molar-refractivity contribution in [1.82, 2.24) is 4.90 Å². The lowest BCUT2D eigenvalue weighted by Crippen LogP contribution is -2.33. The molecule has 1 heterocycles. The summed E-state index contributed by atoms with van der Waals surface area (Å²) in [7, 11) is 0. The van der Waals surface area contributed by atoms with Crippen molar-refractivity contribution < 1.29 is 28.6 Å². The van der Waals surface area contributed by atoms with Gasteiger partial charge in [0.25, 0.3) is 11.8 Å². The second-order valence-electron chi connectivity index (χ2n) is 6.27. The molecule has 2 rings (SSSR count). The molecule has 146 valence electrons. The van der Waals surface area contributed by atoms with Gasteiger partial charge in [-0.2, -0.15) is 4.39 Å². The van der Waals surface area contributed by atoms with E-state index < -0.39 is 36.8 Å². The van der Waals surface area contributed by atoms with E-state index in [1.54, 1.807) is 24.3 Å². The Morgan fingerprint density at radius 1 is 1.18 bits per heavy atom. The molecule has 0 saturated carbocycles. The lowest BCUT2D eigenvalue weighted by Gasteiger charge is -2.17. The minimum absolute atomic E-state index is 0.193. The number of carboxylic acids is 1. The first-order valence-electron chi connectivity index (χ1n) is 8.42. The van der Waals surface area contributed by atoms with Crippen molar-refractivity contribution in [2.24, 2.45) is 0 Å². The highest BCUT2D eigenvalue weighted by atomic mass is 19.1. The maximum absolute atomic E-state index is 14.2. The van der Waals surface area contributed by atoms with Gasteiger partial charge in [0, 0.05) is 5.57 Å². The zero-order valence-corrected chi connectivity index (χ0v) is 15.6. The maximum Gasteiger partial charge on any atom is 0.364 e. The van der Waals surface area contributed by atoms with Crippen LogP contribution in [-0.4, -0.2) is 40.9 Å². The largest absolute Gasteiger partial charge is 0.489 e. The fourth-order valence-corrected chi connectivity index (χ4v) is 2.50. The molecule has 0 aliphatic carbocycles. The highest BCUT2D eigenvalue weighted by molar-refractivity contribution is 6.21. The van der Waals surface area contributed by atoms with Crippen molar-refractivity contribution in [1.29, 1.82) is 0 Å². The van der Waals surface area contributed by atoms with Crippen LogP contribution >= 0.6 is 0 Å². The molecular weight excluding hydrogens is 365 g/mol. The summed E-state index contributed by atoms with van der Waals surface area (Å²) in [6, 6.07) is 6.19. The topological polar surface area (TPSA) is 83.9 Å². The number of hydrogen-bond donors (Lipinski definition) is 1. The van der Waals surface area contributed by atoms with Gasteiger partial charge in [-0.05, 0) is 38.1 Å². The second kappa shape index (κ2) is 8.94. The van der Waals surface area contributed by atoms with E-state index >= 15 is 0 Å². The lowest BCUT2D eigenvalue weighted by atomic mass is 10.1. The second-order valence-corrected chi connectivity index (χ2v) is 6.27. The number of carboxylic acid groups (broad SMARTS) is 1. The summed E-state index contributed by atoms with van der Waals surface area (Å²) in [6.45, 7) is 6.34. The first-order valence-corrected chi connectivity index (χ1v) is 8.42. The molecule has 0 fully saturated rings. The number of fused-ring (bicyclic) bond motifs is 1. The number of amides is 2. The zero-order chi connectivity index (χ0) is 20.8. The van der Waals surface area contributed by atoms with Gasteiger partial charge in [-0.1, -0.05) is 30.4 Å². The summed E-state index contributed by atoms with van der Waals surface area (Å²) in [6.07, 6.45) is 4.73. The maximum atomic E-state index is 14.2. The van der Waals surface area contributed by atoms with Gasteiger partial charge in [0.15, 0.2) is 0 Å². The molecule has 1 N–H and O–H groups in total. The Balaban J connectivity index is 2.26. The Bertz CT molecular complexity index is 887. The molecule has 28 heavy (non-hydrogen) atoms. The molecule has 0 spiro atoms. The van der Waals surface area contributed by atoms with E-state index in [1.807, 2.05) is 13.8 Å². The van der Waals surface area contributed by atoms with Crippen LogP contribution in [0.4, 0.5) is 4.39 Å². The molecule has 0 radical (unpaired) electrons. The molecule has 1 aromatic carbocycles. The van der Waals surface area contributed by atoms with Crippen molar-refractivity contribution in [3.63, 3.8) is 0 Å². The van der Waals surface area contributed by atoms with Crippen molar-refractivity contribution >= 4 is 17.8 Å². The third kappa shape index (κ3) is 4.62.